The van der Waals surface area contributed by atoms with Gasteiger partial charge in [-0.05, 0) is 19.3 Å². The van der Waals surface area contributed by atoms with E-state index in [1.165, 1.54) is 25.7 Å². The van der Waals surface area contributed by atoms with Crippen LogP contribution < -0.4 is 0 Å². The highest BCUT2D eigenvalue weighted by Crippen LogP contribution is 2.28. The number of rotatable bonds is 3. The van der Waals surface area contributed by atoms with Crippen molar-refractivity contribution < 1.29 is 4.79 Å². The van der Waals surface area contributed by atoms with E-state index in [1.54, 1.807) is 0 Å². The molecule has 0 N–H and O–H groups in total. The van der Waals surface area contributed by atoms with Crippen molar-refractivity contribution in [2.24, 2.45) is 0 Å². The highest BCUT2D eigenvalue weighted by molar-refractivity contribution is 5.77. The van der Waals surface area contributed by atoms with Gasteiger partial charge in [-0.1, -0.05) is 18.1 Å². The van der Waals surface area contributed by atoms with Gasteiger partial charge in [-0.2, -0.15) is 0 Å². The SMILES string of the molecule is O=C1CCCN1Cc1cn(C2CCCC2)nn1. The van der Waals surface area contributed by atoms with Crippen molar-refractivity contribution in [3.05, 3.63) is 11.9 Å². The first-order valence-electron chi connectivity index (χ1n) is 6.51. The molecule has 1 aliphatic heterocycles. The van der Waals surface area contributed by atoms with Gasteiger partial charge in [0.1, 0.15) is 5.69 Å². The predicted molar refractivity (Wildman–Crippen MR) is 62.2 cm³/mol. The van der Waals surface area contributed by atoms with Crippen LogP contribution in [0.2, 0.25) is 0 Å². The van der Waals surface area contributed by atoms with Gasteiger partial charge in [-0.3, -0.25) is 4.79 Å². The Morgan fingerprint density at radius 1 is 1.29 bits per heavy atom. The summed E-state index contributed by atoms with van der Waals surface area (Å²) in [6.45, 7) is 1.50. The third kappa shape index (κ3) is 2.18. The summed E-state index contributed by atoms with van der Waals surface area (Å²) in [7, 11) is 0. The average molecular weight is 234 g/mol. The van der Waals surface area contributed by atoms with Crippen LogP contribution in [0, 0.1) is 0 Å². The standard InChI is InChI=1S/C12H18N4O/c17-12-6-3-7-15(12)8-10-9-16(14-13-10)11-4-1-2-5-11/h9,11H,1-8H2. The van der Waals surface area contributed by atoms with Crippen LogP contribution in [0.4, 0.5) is 0 Å². The first kappa shape index (κ1) is 10.7. The molecule has 1 amide bonds. The van der Waals surface area contributed by atoms with Crippen LogP contribution in [0.15, 0.2) is 6.20 Å². The number of amides is 1. The van der Waals surface area contributed by atoms with Crippen molar-refractivity contribution in [1.82, 2.24) is 19.9 Å². The van der Waals surface area contributed by atoms with Gasteiger partial charge in [0.2, 0.25) is 5.91 Å². The molecule has 0 radical (unpaired) electrons. The average Bonchev–Trinajstić information content (AvgIpc) is 3.02. The lowest BCUT2D eigenvalue weighted by Crippen LogP contribution is -2.24. The van der Waals surface area contributed by atoms with E-state index in [2.05, 4.69) is 10.3 Å². The minimum atomic E-state index is 0.250. The monoisotopic (exact) mass is 234 g/mol. The molecule has 0 unspecified atom stereocenters. The summed E-state index contributed by atoms with van der Waals surface area (Å²) in [5, 5.41) is 8.37. The van der Waals surface area contributed by atoms with Gasteiger partial charge in [0, 0.05) is 13.0 Å². The van der Waals surface area contributed by atoms with E-state index in [0.29, 0.717) is 19.0 Å². The number of carbonyl (C=O) groups excluding carboxylic acids is 1. The van der Waals surface area contributed by atoms with E-state index in [4.69, 9.17) is 0 Å². The second-order valence-electron chi connectivity index (χ2n) is 5.05. The number of hydrogen-bond donors (Lipinski definition) is 0. The van der Waals surface area contributed by atoms with Crippen LogP contribution >= 0.6 is 0 Å². The molecule has 1 saturated carbocycles. The molecule has 1 saturated heterocycles. The fraction of sp³-hybridized carbons (Fsp3) is 0.750. The minimum Gasteiger partial charge on any atom is -0.337 e. The zero-order valence-electron chi connectivity index (χ0n) is 10.0. The Labute approximate surface area is 101 Å². The zero-order valence-corrected chi connectivity index (χ0v) is 10.0. The lowest BCUT2D eigenvalue weighted by molar-refractivity contribution is -0.128. The third-order valence-corrected chi connectivity index (χ3v) is 3.78. The van der Waals surface area contributed by atoms with Crippen molar-refractivity contribution in [2.75, 3.05) is 6.54 Å². The van der Waals surface area contributed by atoms with E-state index in [0.717, 1.165) is 18.7 Å². The lowest BCUT2D eigenvalue weighted by Gasteiger charge is -2.12. The first-order chi connectivity index (χ1) is 8.33. The molecule has 0 atom stereocenters. The van der Waals surface area contributed by atoms with Gasteiger partial charge in [0.25, 0.3) is 0 Å². The second-order valence-corrected chi connectivity index (χ2v) is 5.05. The van der Waals surface area contributed by atoms with Gasteiger partial charge < -0.3 is 4.90 Å². The Kier molecular flexibility index (Phi) is 2.82. The smallest absolute Gasteiger partial charge is 0.222 e. The van der Waals surface area contributed by atoms with Crippen LogP contribution in [0.5, 0.6) is 0 Å². The highest BCUT2D eigenvalue weighted by atomic mass is 16.2. The van der Waals surface area contributed by atoms with E-state index in [1.807, 2.05) is 15.8 Å². The molecule has 3 rings (SSSR count). The van der Waals surface area contributed by atoms with Crippen LogP contribution in [-0.2, 0) is 11.3 Å². The molecule has 0 spiro atoms. The zero-order chi connectivity index (χ0) is 11.7. The number of likely N-dealkylation sites (tertiary alicyclic amines) is 1. The summed E-state index contributed by atoms with van der Waals surface area (Å²) in [5.41, 5.74) is 0.923. The van der Waals surface area contributed by atoms with Gasteiger partial charge in [-0.15, -0.1) is 5.10 Å². The summed E-state index contributed by atoms with van der Waals surface area (Å²) >= 11 is 0. The first-order valence-corrected chi connectivity index (χ1v) is 6.51. The summed E-state index contributed by atoms with van der Waals surface area (Å²) in [6, 6.07) is 0.533. The summed E-state index contributed by atoms with van der Waals surface area (Å²) in [4.78, 5) is 13.4. The summed E-state index contributed by atoms with van der Waals surface area (Å²) in [6.07, 6.45) is 8.71. The van der Waals surface area contributed by atoms with Gasteiger partial charge in [0.05, 0.1) is 18.8 Å². The molecule has 2 fully saturated rings. The largest absolute Gasteiger partial charge is 0.337 e. The third-order valence-electron chi connectivity index (χ3n) is 3.78. The number of carbonyl (C=O) groups is 1. The van der Waals surface area contributed by atoms with Crippen LogP contribution in [0.3, 0.4) is 0 Å². The molecule has 1 aromatic heterocycles. The van der Waals surface area contributed by atoms with E-state index in [9.17, 15) is 4.79 Å². The molecule has 92 valence electrons. The number of hydrogen-bond acceptors (Lipinski definition) is 3. The van der Waals surface area contributed by atoms with Crippen LogP contribution in [0.25, 0.3) is 0 Å². The van der Waals surface area contributed by atoms with Crippen molar-refractivity contribution in [1.29, 1.82) is 0 Å². The molecule has 17 heavy (non-hydrogen) atoms. The topological polar surface area (TPSA) is 51.0 Å². The molecular weight excluding hydrogens is 216 g/mol. The quantitative estimate of drug-likeness (QED) is 0.796. The van der Waals surface area contributed by atoms with Gasteiger partial charge in [0.15, 0.2) is 0 Å². The van der Waals surface area contributed by atoms with Crippen molar-refractivity contribution in [3.63, 3.8) is 0 Å². The summed E-state index contributed by atoms with van der Waals surface area (Å²) < 4.78 is 1.99. The fourth-order valence-electron chi connectivity index (χ4n) is 2.80. The predicted octanol–water partition coefficient (Wildman–Crippen LogP) is 1.52. The molecule has 2 heterocycles. The lowest BCUT2D eigenvalue weighted by atomic mass is 10.2. The molecule has 1 aromatic rings. The van der Waals surface area contributed by atoms with Gasteiger partial charge in [-0.25, -0.2) is 4.68 Å². The molecule has 5 heteroatoms. The van der Waals surface area contributed by atoms with E-state index >= 15 is 0 Å². The summed E-state index contributed by atoms with van der Waals surface area (Å²) in [5.74, 6) is 0.250. The maximum absolute atomic E-state index is 11.5. The Morgan fingerprint density at radius 2 is 2.12 bits per heavy atom. The molecule has 5 nitrogen and oxygen atoms in total. The Morgan fingerprint density at radius 3 is 2.82 bits per heavy atom. The van der Waals surface area contributed by atoms with Crippen LogP contribution in [-0.4, -0.2) is 32.3 Å². The Balaban J connectivity index is 1.65. The Hall–Kier alpha value is -1.39. The normalized spacial score (nSPS) is 21.6. The molecular formula is C12H18N4O. The van der Waals surface area contributed by atoms with Crippen molar-refractivity contribution in [3.8, 4) is 0 Å². The molecule has 0 bridgehead atoms. The Bertz CT molecular complexity index is 408. The second kappa shape index (κ2) is 4.47. The maximum Gasteiger partial charge on any atom is 0.222 e. The van der Waals surface area contributed by atoms with Gasteiger partial charge >= 0.3 is 0 Å². The van der Waals surface area contributed by atoms with Crippen LogP contribution in [0.1, 0.15) is 50.3 Å². The van der Waals surface area contributed by atoms with Crippen molar-refractivity contribution >= 4 is 5.91 Å². The molecule has 2 aliphatic rings. The molecule has 1 aliphatic carbocycles. The van der Waals surface area contributed by atoms with E-state index in [-0.39, 0.29) is 5.91 Å². The maximum atomic E-state index is 11.5. The van der Waals surface area contributed by atoms with Crippen molar-refractivity contribution in [2.45, 2.75) is 51.1 Å². The highest BCUT2D eigenvalue weighted by Gasteiger charge is 2.22. The van der Waals surface area contributed by atoms with E-state index < -0.39 is 0 Å². The minimum absolute atomic E-state index is 0.250. The number of nitrogens with zero attached hydrogens (tertiary/aromatic N) is 4. The fourth-order valence-corrected chi connectivity index (χ4v) is 2.80. The molecule has 0 aromatic carbocycles. The number of aromatic nitrogens is 3.